The fourth-order valence-corrected chi connectivity index (χ4v) is 2.45. The van der Waals surface area contributed by atoms with E-state index >= 15 is 0 Å². The zero-order chi connectivity index (χ0) is 16.1. The van der Waals surface area contributed by atoms with Crippen LogP contribution in [0.2, 0.25) is 0 Å². The van der Waals surface area contributed by atoms with E-state index < -0.39 is 0 Å². The van der Waals surface area contributed by atoms with Crippen LogP contribution in [0.3, 0.4) is 0 Å². The van der Waals surface area contributed by atoms with Gasteiger partial charge in [0.2, 0.25) is 0 Å². The summed E-state index contributed by atoms with van der Waals surface area (Å²) in [7, 11) is 1.38. The number of amides is 2. The number of carbonyl (C=O) groups excluding carboxylic acids is 2. The molecule has 1 saturated heterocycles. The number of anilines is 1. The first-order valence-electron chi connectivity index (χ1n) is 7.50. The molecule has 0 aliphatic carbocycles. The summed E-state index contributed by atoms with van der Waals surface area (Å²) in [6.07, 6.45) is 0. The van der Waals surface area contributed by atoms with E-state index in [1.165, 1.54) is 7.11 Å². The van der Waals surface area contributed by atoms with E-state index in [0.29, 0.717) is 18.7 Å². The maximum atomic E-state index is 12.0. The van der Waals surface area contributed by atoms with E-state index in [0.717, 1.165) is 18.8 Å². The highest BCUT2D eigenvalue weighted by Crippen LogP contribution is 2.18. The summed E-state index contributed by atoms with van der Waals surface area (Å²) < 4.78 is 4.75. The lowest BCUT2D eigenvalue weighted by atomic mass is 10.1. The number of esters is 1. The van der Waals surface area contributed by atoms with Gasteiger partial charge in [0.1, 0.15) is 0 Å². The van der Waals surface area contributed by atoms with Crippen molar-refractivity contribution >= 4 is 17.7 Å². The molecule has 120 valence electrons. The van der Waals surface area contributed by atoms with Crippen molar-refractivity contribution in [1.29, 1.82) is 0 Å². The summed E-state index contributed by atoms with van der Waals surface area (Å²) >= 11 is 0. The highest BCUT2D eigenvalue weighted by molar-refractivity contribution is 5.90. The largest absolute Gasteiger partial charge is 0.465 e. The van der Waals surface area contributed by atoms with Gasteiger partial charge in [-0.2, -0.15) is 0 Å². The van der Waals surface area contributed by atoms with Crippen LogP contribution < -0.4 is 10.2 Å². The van der Waals surface area contributed by atoms with Crippen LogP contribution >= 0.6 is 0 Å². The van der Waals surface area contributed by atoms with E-state index in [1.54, 1.807) is 6.07 Å². The standard InChI is InChI=1S/C16H23N3O3/c1-12(2)17-16(21)19-9-7-18(8-10-19)14-6-4-5-13(11-14)15(20)22-3/h4-6,11-12H,7-10H2,1-3H3,(H,17,21). The van der Waals surface area contributed by atoms with Gasteiger partial charge in [0, 0.05) is 37.9 Å². The van der Waals surface area contributed by atoms with Crippen LogP contribution in [0.1, 0.15) is 24.2 Å². The van der Waals surface area contributed by atoms with Crippen molar-refractivity contribution < 1.29 is 14.3 Å². The molecule has 0 spiro atoms. The number of ether oxygens (including phenoxy) is 1. The lowest BCUT2D eigenvalue weighted by Crippen LogP contribution is -2.52. The van der Waals surface area contributed by atoms with Crippen molar-refractivity contribution in [3.8, 4) is 0 Å². The predicted octanol–water partition coefficient (Wildman–Crippen LogP) is 1.71. The molecule has 2 rings (SSSR count). The summed E-state index contributed by atoms with van der Waals surface area (Å²) in [5, 5.41) is 2.91. The fourth-order valence-electron chi connectivity index (χ4n) is 2.45. The van der Waals surface area contributed by atoms with Crippen LogP contribution in [0.15, 0.2) is 24.3 Å². The number of hydrogen-bond donors (Lipinski definition) is 1. The summed E-state index contributed by atoms with van der Waals surface area (Å²) in [6, 6.07) is 7.51. The molecule has 1 aliphatic rings. The molecule has 0 aromatic heterocycles. The number of nitrogens with one attached hydrogen (secondary N) is 1. The van der Waals surface area contributed by atoms with Crippen molar-refractivity contribution in [3.05, 3.63) is 29.8 Å². The first kappa shape index (κ1) is 16.1. The molecule has 2 amide bonds. The van der Waals surface area contributed by atoms with Gasteiger partial charge in [0.15, 0.2) is 0 Å². The normalized spacial score (nSPS) is 14.9. The highest BCUT2D eigenvalue weighted by atomic mass is 16.5. The van der Waals surface area contributed by atoms with Crippen LogP contribution in [-0.2, 0) is 4.74 Å². The molecule has 22 heavy (non-hydrogen) atoms. The van der Waals surface area contributed by atoms with E-state index in [9.17, 15) is 9.59 Å². The van der Waals surface area contributed by atoms with Crippen molar-refractivity contribution in [2.45, 2.75) is 19.9 Å². The lowest BCUT2D eigenvalue weighted by molar-refractivity contribution is 0.0600. The molecule has 1 aromatic rings. The third kappa shape index (κ3) is 3.90. The minimum Gasteiger partial charge on any atom is -0.465 e. The van der Waals surface area contributed by atoms with Crippen molar-refractivity contribution in [1.82, 2.24) is 10.2 Å². The molecule has 1 heterocycles. The van der Waals surface area contributed by atoms with Crippen molar-refractivity contribution in [2.24, 2.45) is 0 Å². The first-order valence-corrected chi connectivity index (χ1v) is 7.50. The van der Waals surface area contributed by atoms with Crippen LogP contribution in [-0.4, -0.2) is 56.2 Å². The summed E-state index contributed by atoms with van der Waals surface area (Å²) in [4.78, 5) is 27.6. The minimum absolute atomic E-state index is 0.0158. The Morgan fingerprint density at radius 3 is 2.45 bits per heavy atom. The molecule has 6 nitrogen and oxygen atoms in total. The van der Waals surface area contributed by atoms with Crippen LogP contribution in [0.25, 0.3) is 0 Å². The number of rotatable bonds is 3. The SMILES string of the molecule is COC(=O)c1cccc(N2CCN(C(=O)NC(C)C)CC2)c1. The monoisotopic (exact) mass is 305 g/mol. The van der Waals surface area contributed by atoms with Gasteiger partial charge in [0.25, 0.3) is 0 Å². The van der Waals surface area contributed by atoms with Gasteiger partial charge in [-0.05, 0) is 32.0 Å². The second-order valence-electron chi connectivity index (χ2n) is 5.62. The van der Waals surface area contributed by atoms with Gasteiger partial charge in [-0.1, -0.05) is 6.07 Å². The Labute approximate surface area is 131 Å². The number of carbonyl (C=O) groups is 2. The number of benzene rings is 1. The maximum absolute atomic E-state index is 12.0. The highest BCUT2D eigenvalue weighted by Gasteiger charge is 2.22. The minimum atomic E-state index is -0.336. The predicted molar refractivity (Wildman–Crippen MR) is 85.2 cm³/mol. The number of methoxy groups -OCH3 is 1. The summed E-state index contributed by atoms with van der Waals surface area (Å²) in [5.41, 5.74) is 1.52. The zero-order valence-electron chi connectivity index (χ0n) is 13.3. The van der Waals surface area contributed by atoms with Gasteiger partial charge in [-0.25, -0.2) is 9.59 Å². The zero-order valence-corrected chi connectivity index (χ0v) is 13.3. The molecule has 1 N–H and O–H groups in total. The van der Waals surface area contributed by atoms with E-state index in [-0.39, 0.29) is 18.0 Å². The number of piperazine rings is 1. The molecule has 0 atom stereocenters. The van der Waals surface area contributed by atoms with Gasteiger partial charge in [-0.3, -0.25) is 0 Å². The molecule has 0 bridgehead atoms. The number of hydrogen-bond acceptors (Lipinski definition) is 4. The molecule has 0 unspecified atom stereocenters. The average molecular weight is 305 g/mol. The second kappa shape index (κ2) is 7.15. The molecule has 0 radical (unpaired) electrons. The Bertz CT molecular complexity index is 537. The number of nitrogens with zero attached hydrogens (tertiary/aromatic N) is 2. The van der Waals surface area contributed by atoms with Gasteiger partial charge < -0.3 is 19.9 Å². The van der Waals surface area contributed by atoms with Crippen LogP contribution in [0, 0.1) is 0 Å². The molecule has 0 saturated carbocycles. The molecule has 6 heteroatoms. The molecular formula is C16H23N3O3. The summed E-state index contributed by atoms with van der Waals surface area (Å²) in [5.74, 6) is -0.336. The lowest BCUT2D eigenvalue weighted by Gasteiger charge is -2.36. The van der Waals surface area contributed by atoms with Gasteiger partial charge >= 0.3 is 12.0 Å². The quantitative estimate of drug-likeness (QED) is 0.864. The number of urea groups is 1. The Morgan fingerprint density at radius 2 is 1.86 bits per heavy atom. The molecule has 1 aromatic carbocycles. The topological polar surface area (TPSA) is 61.9 Å². The Hall–Kier alpha value is -2.24. The van der Waals surface area contributed by atoms with Crippen LogP contribution in [0.4, 0.5) is 10.5 Å². The third-order valence-corrected chi connectivity index (χ3v) is 3.61. The van der Waals surface area contributed by atoms with E-state index in [4.69, 9.17) is 4.74 Å². The average Bonchev–Trinajstić information content (AvgIpc) is 2.53. The van der Waals surface area contributed by atoms with E-state index in [1.807, 2.05) is 36.9 Å². The third-order valence-electron chi connectivity index (χ3n) is 3.61. The molecular weight excluding hydrogens is 282 g/mol. The first-order chi connectivity index (χ1) is 10.5. The fraction of sp³-hybridized carbons (Fsp3) is 0.500. The smallest absolute Gasteiger partial charge is 0.337 e. The van der Waals surface area contributed by atoms with E-state index in [2.05, 4.69) is 10.2 Å². The molecule has 1 aliphatic heterocycles. The summed E-state index contributed by atoms with van der Waals surface area (Å²) in [6.45, 7) is 6.73. The maximum Gasteiger partial charge on any atom is 0.337 e. The Morgan fingerprint density at radius 1 is 1.18 bits per heavy atom. The second-order valence-corrected chi connectivity index (χ2v) is 5.62. The van der Waals surface area contributed by atoms with Crippen LogP contribution in [0.5, 0.6) is 0 Å². The van der Waals surface area contributed by atoms with Gasteiger partial charge in [-0.15, -0.1) is 0 Å². The van der Waals surface area contributed by atoms with Crippen molar-refractivity contribution in [2.75, 3.05) is 38.2 Å². The molecule has 1 fully saturated rings. The van der Waals surface area contributed by atoms with Gasteiger partial charge in [0.05, 0.1) is 12.7 Å². The Balaban J connectivity index is 1.97. The van der Waals surface area contributed by atoms with Crippen molar-refractivity contribution in [3.63, 3.8) is 0 Å². The Kier molecular flexibility index (Phi) is 5.25.